The summed E-state index contributed by atoms with van der Waals surface area (Å²) in [5, 5.41) is 11.1. The molecule has 2 saturated heterocycles. The van der Waals surface area contributed by atoms with Gasteiger partial charge in [-0.3, -0.25) is 10.1 Å². The molecule has 0 amide bonds. The Labute approximate surface area is 111 Å². The van der Waals surface area contributed by atoms with Crippen molar-refractivity contribution in [3.05, 3.63) is 34.4 Å². The number of para-hydroxylation sites is 2. The molecule has 102 valence electrons. The zero-order valence-electron chi connectivity index (χ0n) is 10.6. The first-order chi connectivity index (χ1) is 9.20. The molecule has 0 bridgehead atoms. The molecule has 19 heavy (non-hydrogen) atoms. The summed E-state index contributed by atoms with van der Waals surface area (Å²) in [6, 6.07) is 6.86. The van der Waals surface area contributed by atoms with Crippen LogP contribution in [0.5, 0.6) is 0 Å². The third-order valence-corrected chi connectivity index (χ3v) is 3.73. The maximum absolute atomic E-state index is 11.1. The Morgan fingerprint density at radius 2 is 2.16 bits per heavy atom. The molecule has 0 N–H and O–H groups in total. The normalized spacial score (nSPS) is 26.8. The first kappa shape index (κ1) is 12.4. The minimum atomic E-state index is -0.331. The number of anilines is 1. The highest BCUT2D eigenvalue weighted by molar-refractivity contribution is 5.63. The lowest BCUT2D eigenvalue weighted by molar-refractivity contribution is -0.384. The van der Waals surface area contributed by atoms with Crippen molar-refractivity contribution in [1.82, 2.24) is 0 Å². The van der Waals surface area contributed by atoms with Crippen LogP contribution >= 0.6 is 0 Å². The van der Waals surface area contributed by atoms with Gasteiger partial charge in [-0.15, -0.1) is 0 Å². The predicted octanol–water partition coefficient (Wildman–Crippen LogP) is 1.59. The lowest BCUT2D eigenvalue weighted by atomic mass is 10.00. The smallest absolute Gasteiger partial charge is 0.292 e. The number of morpholine rings is 1. The molecule has 1 spiro atoms. The summed E-state index contributed by atoms with van der Waals surface area (Å²) in [4.78, 5) is 12.8. The van der Waals surface area contributed by atoms with Crippen LogP contribution in [-0.4, -0.2) is 43.4 Å². The van der Waals surface area contributed by atoms with Gasteiger partial charge in [0.05, 0.1) is 18.1 Å². The second-order valence-corrected chi connectivity index (χ2v) is 5.00. The van der Waals surface area contributed by atoms with Gasteiger partial charge in [-0.2, -0.15) is 0 Å². The van der Waals surface area contributed by atoms with Gasteiger partial charge in [0, 0.05) is 32.2 Å². The number of nitrogens with zero attached hydrogens (tertiary/aromatic N) is 2. The SMILES string of the molecule is O=[N+]([O-])c1ccccc1N1CCOC2(CCOC2)C1. The molecule has 1 atom stereocenters. The maximum atomic E-state index is 11.1. The fraction of sp³-hybridized carbons (Fsp3) is 0.538. The van der Waals surface area contributed by atoms with Crippen LogP contribution in [0, 0.1) is 10.1 Å². The zero-order chi connectivity index (χ0) is 13.3. The van der Waals surface area contributed by atoms with Crippen LogP contribution in [0.15, 0.2) is 24.3 Å². The van der Waals surface area contributed by atoms with Crippen molar-refractivity contribution in [2.75, 3.05) is 37.8 Å². The van der Waals surface area contributed by atoms with E-state index in [1.165, 1.54) is 0 Å². The molecule has 1 aromatic carbocycles. The van der Waals surface area contributed by atoms with E-state index in [9.17, 15) is 10.1 Å². The molecule has 0 radical (unpaired) electrons. The number of nitro benzene ring substituents is 1. The molecule has 3 rings (SSSR count). The molecule has 2 aliphatic rings. The van der Waals surface area contributed by atoms with Crippen LogP contribution in [-0.2, 0) is 9.47 Å². The fourth-order valence-electron chi connectivity index (χ4n) is 2.76. The topological polar surface area (TPSA) is 64.8 Å². The van der Waals surface area contributed by atoms with E-state index in [4.69, 9.17) is 9.47 Å². The van der Waals surface area contributed by atoms with Gasteiger partial charge in [-0.25, -0.2) is 0 Å². The number of nitro groups is 1. The Morgan fingerprint density at radius 1 is 1.32 bits per heavy atom. The molecule has 1 unspecified atom stereocenters. The van der Waals surface area contributed by atoms with Crippen molar-refractivity contribution in [1.29, 1.82) is 0 Å². The van der Waals surface area contributed by atoms with Gasteiger partial charge in [0.15, 0.2) is 0 Å². The standard InChI is InChI=1S/C13H16N2O4/c16-15(17)12-4-2-1-3-11(12)14-6-8-19-13(9-14)5-7-18-10-13/h1-4H,5-10H2. The molecule has 2 aliphatic heterocycles. The van der Waals surface area contributed by atoms with E-state index < -0.39 is 0 Å². The summed E-state index contributed by atoms with van der Waals surface area (Å²) in [6.45, 7) is 3.18. The molecule has 0 aliphatic carbocycles. The van der Waals surface area contributed by atoms with E-state index in [-0.39, 0.29) is 16.2 Å². The maximum Gasteiger partial charge on any atom is 0.292 e. The largest absolute Gasteiger partial charge is 0.378 e. The van der Waals surface area contributed by atoms with Crippen molar-refractivity contribution in [3.63, 3.8) is 0 Å². The minimum absolute atomic E-state index is 0.151. The Hall–Kier alpha value is -1.66. The number of hydrogen-bond donors (Lipinski definition) is 0. The van der Waals surface area contributed by atoms with Crippen molar-refractivity contribution >= 4 is 11.4 Å². The summed E-state index contributed by atoms with van der Waals surface area (Å²) >= 11 is 0. The van der Waals surface area contributed by atoms with E-state index in [2.05, 4.69) is 0 Å². The summed E-state index contributed by atoms with van der Waals surface area (Å²) in [6.07, 6.45) is 0.851. The molecule has 0 saturated carbocycles. The van der Waals surface area contributed by atoms with Crippen LogP contribution in [0.3, 0.4) is 0 Å². The summed E-state index contributed by atoms with van der Waals surface area (Å²) in [7, 11) is 0. The Morgan fingerprint density at radius 3 is 2.89 bits per heavy atom. The average molecular weight is 264 g/mol. The van der Waals surface area contributed by atoms with Gasteiger partial charge < -0.3 is 14.4 Å². The van der Waals surface area contributed by atoms with Crippen LogP contribution in [0.1, 0.15) is 6.42 Å². The first-order valence-electron chi connectivity index (χ1n) is 6.40. The van der Waals surface area contributed by atoms with Crippen molar-refractivity contribution in [3.8, 4) is 0 Å². The fourth-order valence-corrected chi connectivity index (χ4v) is 2.76. The van der Waals surface area contributed by atoms with Gasteiger partial charge in [0.2, 0.25) is 0 Å². The highest BCUT2D eigenvalue weighted by atomic mass is 16.6. The highest BCUT2D eigenvalue weighted by Crippen LogP contribution is 2.34. The van der Waals surface area contributed by atoms with Crippen LogP contribution < -0.4 is 4.90 Å². The van der Waals surface area contributed by atoms with Crippen molar-refractivity contribution < 1.29 is 14.4 Å². The Balaban J connectivity index is 1.87. The minimum Gasteiger partial charge on any atom is -0.378 e. The van der Waals surface area contributed by atoms with E-state index in [1.807, 2.05) is 11.0 Å². The highest BCUT2D eigenvalue weighted by Gasteiger charge is 2.41. The molecule has 0 aromatic heterocycles. The van der Waals surface area contributed by atoms with Gasteiger partial charge in [0.25, 0.3) is 5.69 Å². The number of hydrogen-bond acceptors (Lipinski definition) is 5. The monoisotopic (exact) mass is 264 g/mol. The van der Waals surface area contributed by atoms with Gasteiger partial charge >= 0.3 is 0 Å². The molecular weight excluding hydrogens is 248 g/mol. The summed E-state index contributed by atoms with van der Waals surface area (Å²) < 4.78 is 11.3. The number of benzene rings is 1. The first-order valence-corrected chi connectivity index (χ1v) is 6.40. The van der Waals surface area contributed by atoms with Crippen LogP contribution in [0.4, 0.5) is 11.4 Å². The molecular formula is C13H16N2O4. The third-order valence-electron chi connectivity index (χ3n) is 3.73. The predicted molar refractivity (Wildman–Crippen MR) is 69.4 cm³/mol. The van der Waals surface area contributed by atoms with Crippen LogP contribution in [0.2, 0.25) is 0 Å². The van der Waals surface area contributed by atoms with Gasteiger partial charge in [-0.1, -0.05) is 12.1 Å². The van der Waals surface area contributed by atoms with E-state index in [0.717, 1.165) is 6.42 Å². The molecule has 6 heteroatoms. The Kier molecular flexibility index (Phi) is 3.12. The molecule has 2 fully saturated rings. The van der Waals surface area contributed by atoms with Gasteiger partial charge in [-0.05, 0) is 6.07 Å². The lowest BCUT2D eigenvalue weighted by Gasteiger charge is -2.40. The zero-order valence-corrected chi connectivity index (χ0v) is 10.6. The van der Waals surface area contributed by atoms with Crippen molar-refractivity contribution in [2.24, 2.45) is 0 Å². The quantitative estimate of drug-likeness (QED) is 0.599. The molecule has 6 nitrogen and oxygen atoms in total. The third kappa shape index (κ3) is 2.29. The Bertz CT molecular complexity index is 485. The van der Waals surface area contributed by atoms with Gasteiger partial charge in [0.1, 0.15) is 11.3 Å². The summed E-state index contributed by atoms with van der Waals surface area (Å²) in [5.74, 6) is 0. The lowest BCUT2D eigenvalue weighted by Crippen LogP contribution is -2.52. The van der Waals surface area contributed by atoms with E-state index in [0.29, 0.717) is 38.6 Å². The number of rotatable bonds is 2. The number of ether oxygens (including phenoxy) is 2. The van der Waals surface area contributed by atoms with Crippen LogP contribution in [0.25, 0.3) is 0 Å². The van der Waals surface area contributed by atoms with E-state index in [1.54, 1.807) is 18.2 Å². The molecule has 2 heterocycles. The second kappa shape index (κ2) is 4.79. The van der Waals surface area contributed by atoms with E-state index >= 15 is 0 Å². The summed E-state index contributed by atoms with van der Waals surface area (Å²) in [5.41, 5.74) is 0.530. The van der Waals surface area contributed by atoms with Crippen molar-refractivity contribution in [2.45, 2.75) is 12.0 Å². The second-order valence-electron chi connectivity index (χ2n) is 5.00. The average Bonchev–Trinajstić information content (AvgIpc) is 2.86. The molecule has 1 aromatic rings.